The molecule has 0 saturated carbocycles. The second kappa shape index (κ2) is 2.91. The van der Waals surface area contributed by atoms with E-state index in [1.54, 1.807) is 18.5 Å². The van der Waals surface area contributed by atoms with E-state index in [0.717, 1.165) is 0 Å². The normalized spacial score (nSPS) is 15.0. The van der Waals surface area contributed by atoms with Crippen molar-refractivity contribution in [2.24, 2.45) is 5.73 Å². The number of hydrogen-bond donors (Lipinski definition) is 2. The van der Waals surface area contributed by atoms with Crippen LogP contribution in [-0.2, 0) is 4.79 Å². The van der Waals surface area contributed by atoms with Gasteiger partial charge in [-0.25, -0.2) is 0 Å². The summed E-state index contributed by atoms with van der Waals surface area (Å²) in [6.07, 6.45) is 6.98. The van der Waals surface area contributed by atoms with E-state index >= 15 is 0 Å². The molecule has 0 aromatic rings. The Morgan fingerprint density at radius 3 is 2.90 bits per heavy atom. The molecular formula is C6H8N3O. The zero-order valence-electron chi connectivity index (χ0n) is 5.32. The minimum absolute atomic E-state index is 0.479. The highest BCUT2D eigenvalue weighted by molar-refractivity contribution is 5.82. The fourth-order valence-corrected chi connectivity index (χ4v) is 0.587. The van der Waals surface area contributed by atoms with Crippen LogP contribution in [0.3, 0.4) is 0 Å². The van der Waals surface area contributed by atoms with Crippen molar-refractivity contribution >= 4 is 5.91 Å². The van der Waals surface area contributed by atoms with Crippen LogP contribution in [0.1, 0.15) is 0 Å². The molecule has 0 aliphatic carbocycles. The van der Waals surface area contributed by atoms with E-state index in [4.69, 9.17) is 5.73 Å². The largest absolute Gasteiger partial charge is 0.368 e. The molecule has 0 unspecified atom stereocenters. The van der Waals surface area contributed by atoms with Crippen LogP contribution in [-0.4, -0.2) is 10.9 Å². The van der Waals surface area contributed by atoms with Gasteiger partial charge in [-0.2, -0.15) is 0 Å². The zero-order chi connectivity index (χ0) is 7.40. The Hall–Kier alpha value is -1.45. The Labute approximate surface area is 59.0 Å². The summed E-state index contributed by atoms with van der Waals surface area (Å²) in [5.41, 5.74) is 7.65. The third-order valence-electron chi connectivity index (χ3n) is 0.944. The summed E-state index contributed by atoms with van der Waals surface area (Å²) < 4.78 is 0. The van der Waals surface area contributed by atoms with Crippen molar-refractivity contribution in [3.8, 4) is 0 Å². The first-order chi connectivity index (χ1) is 4.79. The van der Waals surface area contributed by atoms with E-state index in [-0.39, 0.29) is 0 Å². The molecule has 0 bridgehead atoms. The number of carbonyl (C=O) groups excluding carboxylic acids is 1. The van der Waals surface area contributed by atoms with Crippen LogP contribution in [0.2, 0.25) is 0 Å². The van der Waals surface area contributed by atoms with Crippen LogP contribution in [0.5, 0.6) is 0 Å². The Kier molecular flexibility index (Phi) is 1.94. The van der Waals surface area contributed by atoms with Gasteiger partial charge >= 0.3 is 0 Å². The number of amides is 1. The summed E-state index contributed by atoms with van der Waals surface area (Å²) in [6, 6.07) is 0. The van der Waals surface area contributed by atoms with Crippen molar-refractivity contribution in [3.05, 3.63) is 31.1 Å². The van der Waals surface area contributed by atoms with Crippen molar-refractivity contribution in [3.63, 3.8) is 0 Å². The number of primary amides is 1. The van der Waals surface area contributed by atoms with Crippen molar-refractivity contribution in [1.82, 2.24) is 10.4 Å². The van der Waals surface area contributed by atoms with Crippen LogP contribution in [0, 0.1) is 6.54 Å². The highest BCUT2D eigenvalue weighted by Gasteiger charge is 2.02. The molecule has 0 aromatic heterocycles. The molecule has 0 fully saturated rings. The van der Waals surface area contributed by atoms with Gasteiger partial charge in [0.05, 0.1) is 0 Å². The number of nitrogens with one attached hydrogen (secondary N) is 1. The van der Waals surface area contributed by atoms with E-state index < -0.39 is 5.91 Å². The van der Waals surface area contributed by atoms with Crippen molar-refractivity contribution < 1.29 is 4.79 Å². The summed E-state index contributed by atoms with van der Waals surface area (Å²) in [5, 5.41) is 1.47. The quantitative estimate of drug-likeness (QED) is 0.540. The van der Waals surface area contributed by atoms with Crippen molar-refractivity contribution in [2.75, 3.05) is 0 Å². The molecule has 1 aliphatic heterocycles. The van der Waals surface area contributed by atoms with Crippen molar-refractivity contribution in [2.45, 2.75) is 0 Å². The standard InChI is InChI=1S/C6H8N3O/c7-6(10)5-9-4-2-1-3-8-9/h1-5,8H,(H2,7,10). The van der Waals surface area contributed by atoms with Gasteiger partial charge in [-0.1, -0.05) is 0 Å². The van der Waals surface area contributed by atoms with Gasteiger partial charge in [-0.05, 0) is 12.2 Å². The van der Waals surface area contributed by atoms with Crippen LogP contribution in [0.4, 0.5) is 0 Å². The van der Waals surface area contributed by atoms with Crippen LogP contribution in [0.15, 0.2) is 24.6 Å². The maximum absolute atomic E-state index is 10.3. The number of allylic oxidation sites excluding steroid dienone is 2. The number of nitrogens with zero attached hydrogens (tertiary/aromatic N) is 1. The smallest absolute Gasteiger partial charge is 0.245 e. The fraction of sp³-hybridized carbons (Fsp3) is 0. The first kappa shape index (κ1) is 6.67. The highest BCUT2D eigenvalue weighted by Crippen LogP contribution is 1.93. The zero-order valence-corrected chi connectivity index (χ0v) is 5.32. The molecule has 3 N–H and O–H groups in total. The Bertz CT molecular complexity index is 185. The average molecular weight is 138 g/mol. The van der Waals surface area contributed by atoms with Gasteiger partial charge in [0, 0.05) is 12.4 Å². The maximum atomic E-state index is 10.3. The number of hydrazine groups is 1. The summed E-state index contributed by atoms with van der Waals surface area (Å²) >= 11 is 0. The SMILES string of the molecule is NC(=O)[CH]N1C=CC=CN1. The van der Waals surface area contributed by atoms with Crippen molar-refractivity contribution in [1.29, 1.82) is 0 Å². The maximum Gasteiger partial charge on any atom is 0.245 e. The van der Waals surface area contributed by atoms with E-state index in [2.05, 4.69) is 5.43 Å². The molecule has 4 nitrogen and oxygen atoms in total. The summed E-state index contributed by atoms with van der Waals surface area (Å²) in [4.78, 5) is 10.3. The summed E-state index contributed by atoms with van der Waals surface area (Å²) in [7, 11) is 0. The lowest BCUT2D eigenvalue weighted by Gasteiger charge is -2.18. The van der Waals surface area contributed by atoms with Gasteiger partial charge in [-0.15, -0.1) is 0 Å². The van der Waals surface area contributed by atoms with Gasteiger partial charge in [0.15, 0.2) is 6.54 Å². The predicted molar refractivity (Wildman–Crippen MR) is 36.7 cm³/mol. The third kappa shape index (κ3) is 1.81. The third-order valence-corrected chi connectivity index (χ3v) is 0.944. The van der Waals surface area contributed by atoms with Crippen LogP contribution >= 0.6 is 0 Å². The molecule has 0 aromatic carbocycles. The Balaban J connectivity index is 2.37. The molecule has 1 heterocycles. The minimum atomic E-state index is -0.479. The molecule has 10 heavy (non-hydrogen) atoms. The van der Waals surface area contributed by atoms with Crippen LogP contribution in [0.25, 0.3) is 0 Å². The number of hydrogen-bond acceptors (Lipinski definition) is 3. The lowest BCUT2D eigenvalue weighted by molar-refractivity contribution is -0.116. The van der Waals surface area contributed by atoms with Gasteiger partial charge in [0.2, 0.25) is 5.91 Å². The number of rotatable bonds is 2. The Morgan fingerprint density at radius 2 is 2.40 bits per heavy atom. The van der Waals surface area contributed by atoms with Gasteiger partial charge in [-0.3, -0.25) is 9.80 Å². The predicted octanol–water partition coefficient (Wildman–Crippen LogP) is -0.519. The first-order valence-corrected chi connectivity index (χ1v) is 2.81. The van der Waals surface area contributed by atoms with E-state index in [1.165, 1.54) is 11.6 Å². The fourth-order valence-electron chi connectivity index (χ4n) is 0.587. The van der Waals surface area contributed by atoms with Crippen LogP contribution < -0.4 is 11.2 Å². The first-order valence-electron chi connectivity index (χ1n) is 2.81. The lowest BCUT2D eigenvalue weighted by Crippen LogP contribution is -2.33. The number of nitrogens with two attached hydrogens (primary N) is 1. The monoisotopic (exact) mass is 138 g/mol. The van der Waals surface area contributed by atoms with Gasteiger partial charge in [0.25, 0.3) is 0 Å². The highest BCUT2D eigenvalue weighted by atomic mass is 16.1. The molecule has 53 valence electrons. The van der Waals surface area contributed by atoms with Gasteiger partial charge in [0.1, 0.15) is 0 Å². The Morgan fingerprint density at radius 1 is 1.60 bits per heavy atom. The molecule has 0 spiro atoms. The molecule has 1 amide bonds. The summed E-state index contributed by atoms with van der Waals surface area (Å²) in [5.74, 6) is -0.479. The van der Waals surface area contributed by atoms with E-state index in [0.29, 0.717) is 0 Å². The topological polar surface area (TPSA) is 58.4 Å². The number of carbonyl (C=O) groups is 1. The second-order valence-corrected chi connectivity index (χ2v) is 1.77. The molecule has 1 rings (SSSR count). The molecule has 0 saturated heterocycles. The lowest BCUT2D eigenvalue weighted by atomic mass is 10.5. The van der Waals surface area contributed by atoms with Gasteiger partial charge < -0.3 is 11.2 Å². The average Bonchev–Trinajstić information content (AvgIpc) is 1.88. The molecule has 1 radical (unpaired) electrons. The minimum Gasteiger partial charge on any atom is -0.368 e. The van der Waals surface area contributed by atoms with E-state index in [1.807, 2.05) is 6.08 Å². The molecule has 4 heteroatoms. The molecule has 0 atom stereocenters. The second-order valence-electron chi connectivity index (χ2n) is 1.77. The molecule has 1 aliphatic rings. The van der Waals surface area contributed by atoms with E-state index in [9.17, 15) is 4.79 Å². The summed E-state index contributed by atoms with van der Waals surface area (Å²) in [6.45, 7) is 1.25. The molecular weight excluding hydrogens is 130 g/mol.